The van der Waals surface area contributed by atoms with Crippen molar-refractivity contribution in [2.45, 2.75) is 37.2 Å². The Morgan fingerprint density at radius 3 is 2.03 bits per heavy atom. The van der Waals surface area contributed by atoms with Gasteiger partial charge >= 0.3 is 0 Å². The van der Waals surface area contributed by atoms with E-state index >= 15 is 0 Å². The molecule has 0 radical (unpaired) electrons. The molecular weight excluding hydrogens is 483 g/mol. The lowest BCUT2D eigenvalue weighted by molar-refractivity contribution is -0.122. The Kier molecular flexibility index (Phi) is 8.02. The molecular formula is C20H24Cl2N2O5S2. The third kappa shape index (κ3) is 6.35. The number of amides is 1. The molecule has 11 heteroatoms. The number of hydrogen-bond donors (Lipinski definition) is 1. The van der Waals surface area contributed by atoms with Gasteiger partial charge in [-0.2, -0.15) is 0 Å². The van der Waals surface area contributed by atoms with E-state index in [9.17, 15) is 21.6 Å². The second-order valence-corrected chi connectivity index (χ2v) is 11.8. The normalized spacial score (nSPS) is 14.0. The molecule has 31 heavy (non-hydrogen) atoms. The van der Waals surface area contributed by atoms with Crippen LogP contribution in [0.15, 0.2) is 47.4 Å². The van der Waals surface area contributed by atoms with Gasteiger partial charge in [0.2, 0.25) is 15.9 Å². The second-order valence-electron chi connectivity index (χ2n) is 7.15. The van der Waals surface area contributed by atoms with Gasteiger partial charge in [0.05, 0.1) is 32.9 Å². The van der Waals surface area contributed by atoms with Gasteiger partial charge in [0.25, 0.3) is 0 Å². The third-order valence-electron chi connectivity index (χ3n) is 4.65. The van der Waals surface area contributed by atoms with Crippen LogP contribution < -0.4 is 9.62 Å². The van der Waals surface area contributed by atoms with Crippen LogP contribution in [0.5, 0.6) is 0 Å². The first-order valence-corrected chi connectivity index (χ1v) is 13.8. The molecule has 0 heterocycles. The molecule has 0 aliphatic rings. The Morgan fingerprint density at radius 1 is 1.00 bits per heavy atom. The number of halogens is 2. The molecule has 2 rings (SSSR count). The summed E-state index contributed by atoms with van der Waals surface area (Å²) in [4.78, 5) is 13.2. The summed E-state index contributed by atoms with van der Waals surface area (Å²) in [6, 6.07) is 8.98. The van der Waals surface area contributed by atoms with Crippen LogP contribution in [0.2, 0.25) is 10.0 Å². The molecule has 2 atom stereocenters. The molecule has 0 saturated heterocycles. The lowest BCUT2D eigenvalue weighted by Crippen LogP contribution is -2.49. The van der Waals surface area contributed by atoms with Crippen molar-refractivity contribution in [1.29, 1.82) is 0 Å². The smallest absolute Gasteiger partial charge is 0.244 e. The number of rotatable bonds is 8. The molecule has 0 saturated carbocycles. The minimum absolute atomic E-state index is 0.169. The zero-order valence-electron chi connectivity index (χ0n) is 17.5. The van der Waals surface area contributed by atoms with Crippen LogP contribution in [0.25, 0.3) is 0 Å². The average Bonchev–Trinajstić information content (AvgIpc) is 2.66. The Labute approximate surface area is 193 Å². The molecule has 2 aromatic carbocycles. The maximum atomic E-state index is 13.0. The summed E-state index contributed by atoms with van der Waals surface area (Å²) in [5.41, 5.74) is 0.903. The van der Waals surface area contributed by atoms with Gasteiger partial charge in [-0.05, 0) is 49.2 Å². The number of sulfonamides is 1. The predicted octanol–water partition coefficient (Wildman–Crippen LogP) is 3.82. The molecule has 0 spiro atoms. The first kappa shape index (κ1) is 25.5. The Morgan fingerprint density at radius 2 is 1.58 bits per heavy atom. The van der Waals surface area contributed by atoms with E-state index in [0.29, 0.717) is 5.56 Å². The summed E-state index contributed by atoms with van der Waals surface area (Å²) in [6.07, 6.45) is 2.33. The fraction of sp³-hybridized carbons (Fsp3) is 0.350. The number of nitrogens with one attached hydrogen (secondary N) is 1. The van der Waals surface area contributed by atoms with Crippen LogP contribution in [0.1, 0.15) is 31.9 Å². The van der Waals surface area contributed by atoms with E-state index in [1.165, 1.54) is 30.3 Å². The van der Waals surface area contributed by atoms with Gasteiger partial charge in [0.15, 0.2) is 9.84 Å². The zero-order chi connectivity index (χ0) is 23.6. The average molecular weight is 507 g/mol. The highest BCUT2D eigenvalue weighted by Crippen LogP contribution is 2.30. The van der Waals surface area contributed by atoms with Gasteiger partial charge in [-0.15, -0.1) is 0 Å². The summed E-state index contributed by atoms with van der Waals surface area (Å²) in [7, 11) is -7.15. The highest BCUT2D eigenvalue weighted by molar-refractivity contribution is 7.92. The van der Waals surface area contributed by atoms with Gasteiger partial charge in [0.1, 0.15) is 6.04 Å². The first-order valence-electron chi connectivity index (χ1n) is 9.30. The molecule has 1 amide bonds. The quantitative estimate of drug-likeness (QED) is 0.586. The van der Waals surface area contributed by atoms with E-state index in [-0.39, 0.29) is 27.0 Å². The lowest BCUT2D eigenvalue weighted by atomic mass is 10.1. The Balaban J connectivity index is 2.32. The molecule has 0 fully saturated rings. The van der Waals surface area contributed by atoms with E-state index in [0.717, 1.165) is 16.8 Å². The van der Waals surface area contributed by atoms with Crippen molar-refractivity contribution in [2.24, 2.45) is 0 Å². The topological polar surface area (TPSA) is 101 Å². The second kappa shape index (κ2) is 9.77. The van der Waals surface area contributed by atoms with Crippen LogP contribution in [0.3, 0.4) is 0 Å². The third-order valence-corrected chi connectivity index (χ3v) is 7.70. The number of carbonyl (C=O) groups excluding carboxylic acids is 1. The fourth-order valence-electron chi connectivity index (χ4n) is 3.08. The summed E-state index contributed by atoms with van der Waals surface area (Å²) in [5, 5.41) is 3.24. The largest absolute Gasteiger partial charge is 0.348 e. The number of nitrogens with zero attached hydrogens (tertiary/aromatic N) is 1. The molecule has 0 unspecified atom stereocenters. The fourth-order valence-corrected chi connectivity index (χ4v) is 5.21. The summed E-state index contributed by atoms with van der Waals surface area (Å²) < 4.78 is 49.3. The minimum atomic E-state index is -3.82. The molecule has 7 nitrogen and oxygen atoms in total. The van der Waals surface area contributed by atoms with Gasteiger partial charge in [-0.25, -0.2) is 16.8 Å². The standard InChI is InChI=1S/C20H24Cl2N2O5S2/c1-5-19(24(31(4,28)29)15-8-11-17(21)18(22)12-15)20(25)23-13(2)14-6-9-16(10-7-14)30(3,26)27/h6-13,19H,5H2,1-4H3,(H,23,25)/t13-,19+/m1/s1. The van der Waals surface area contributed by atoms with Crippen molar-refractivity contribution < 1.29 is 21.6 Å². The maximum absolute atomic E-state index is 13.0. The maximum Gasteiger partial charge on any atom is 0.244 e. The summed E-state index contributed by atoms with van der Waals surface area (Å²) >= 11 is 12.0. The monoisotopic (exact) mass is 506 g/mol. The number of carbonyl (C=O) groups is 1. The van der Waals surface area contributed by atoms with Gasteiger partial charge < -0.3 is 5.32 Å². The van der Waals surface area contributed by atoms with Crippen molar-refractivity contribution in [1.82, 2.24) is 5.32 Å². The zero-order valence-corrected chi connectivity index (χ0v) is 20.6. The van der Waals surface area contributed by atoms with Crippen molar-refractivity contribution in [3.05, 3.63) is 58.1 Å². The number of sulfone groups is 1. The predicted molar refractivity (Wildman–Crippen MR) is 124 cm³/mol. The van der Waals surface area contributed by atoms with Crippen LogP contribution in [-0.4, -0.2) is 41.3 Å². The number of anilines is 1. The van der Waals surface area contributed by atoms with Gasteiger partial charge in [-0.1, -0.05) is 42.3 Å². The van der Waals surface area contributed by atoms with E-state index in [4.69, 9.17) is 23.2 Å². The lowest BCUT2D eigenvalue weighted by Gasteiger charge is -2.31. The van der Waals surface area contributed by atoms with Gasteiger partial charge in [0, 0.05) is 6.26 Å². The van der Waals surface area contributed by atoms with Crippen molar-refractivity contribution in [2.75, 3.05) is 16.8 Å². The van der Waals surface area contributed by atoms with E-state index in [1.807, 2.05) is 0 Å². The molecule has 170 valence electrons. The van der Waals surface area contributed by atoms with Crippen LogP contribution >= 0.6 is 23.2 Å². The molecule has 0 aliphatic carbocycles. The molecule has 2 aromatic rings. The first-order chi connectivity index (χ1) is 14.3. The van der Waals surface area contributed by atoms with Crippen LogP contribution in [-0.2, 0) is 24.7 Å². The highest BCUT2D eigenvalue weighted by atomic mass is 35.5. The van der Waals surface area contributed by atoms with E-state index in [2.05, 4.69) is 5.32 Å². The summed E-state index contributed by atoms with van der Waals surface area (Å²) in [5.74, 6) is -0.501. The molecule has 0 bridgehead atoms. The van der Waals surface area contributed by atoms with Crippen LogP contribution in [0, 0.1) is 0 Å². The van der Waals surface area contributed by atoms with E-state index < -0.39 is 37.9 Å². The molecule has 1 N–H and O–H groups in total. The molecule has 0 aromatic heterocycles. The van der Waals surface area contributed by atoms with Gasteiger partial charge in [-0.3, -0.25) is 9.10 Å². The SMILES string of the molecule is CC[C@@H](C(=O)N[C@H](C)c1ccc(S(C)(=O)=O)cc1)N(c1ccc(Cl)c(Cl)c1)S(C)(=O)=O. The van der Waals surface area contributed by atoms with Crippen molar-refractivity contribution in [3.8, 4) is 0 Å². The Bertz CT molecular complexity index is 1170. The molecule has 0 aliphatic heterocycles. The van der Waals surface area contributed by atoms with E-state index in [1.54, 1.807) is 26.0 Å². The number of benzene rings is 2. The minimum Gasteiger partial charge on any atom is -0.348 e. The van der Waals surface area contributed by atoms with Crippen molar-refractivity contribution in [3.63, 3.8) is 0 Å². The highest BCUT2D eigenvalue weighted by Gasteiger charge is 2.32. The number of hydrogen-bond acceptors (Lipinski definition) is 5. The summed E-state index contributed by atoms with van der Waals surface area (Å²) in [6.45, 7) is 3.43. The van der Waals surface area contributed by atoms with Crippen molar-refractivity contribution >= 4 is 54.7 Å². The van der Waals surface area contributed by atoms with Crippen LogP contribution in [0.4, 0.5) is 5.69 Å². The Hall–Kier alpha value is -1.81.